The Balaban J connectivity index is 0.000000123. The molecule has 13 aromatic carbocycles. The highest BCUT2D eigenvalue weighted by Gasteiger charge is 2.21. The smallest absolute Gasteiger partial charge is 0.299 e. The Bertz CT molecular complexity index is 8460. The van der Waals surface area contributed by atoms with Gasteiger partial charge in [0.2, 0.25) is 0 Å². The van der Waals surface area contributed by atoms with E-state index >= 15 is 0 Å². The minimum absolute atomic E-state index is 0.0662. The summed E-state index contributed by atoms with van der Waals surface area (Å²) in [6, 6.07) is 87.8. The van der Waals surface area contributed by atoms with Gasteiger partial charge >= 0.3 is 0 Å². The van der Waals surface area contributed by atoms with Crippen molar-refractivity contribution in [3.63, 3.8) is 0 Å². The molecule has 38 heteroatoms. The molecule has 0 unspecified atom stereocenters. The first-order chi connectivity index (χ1) is 72.9. The highest BCUT2D eigenvalue weighted by molar-refractivity contribution is 5.77. The van der Waals surface area contributed by atoms with Crippen molar-refractivity contribution in [3.8, 4) is 124 Å². The Morgan fingerprint density at radius 3 is 0.973 bits per heavy atom. The van der Waals surface area contributed by atoms with Crippen molar-refractivity contribution in [2.75, 3.05) is 39.0 Å². The zero-order valence-corrected chi connectivity index (χ0v) is 79.1. The standard InChI is InChI=1S/C22H16F2N2O2.C19H14FN3O3.C19H13FN2O3.C18H16FN3O2.C17H12FN5O.C17H14FN3O2/c1-13-9-16(11-18(24)21(13)27)14-5-4-6-15(10-14)20-12-25-22(28-20)26-19-8-3-2-7-17(19)23;1-11-17(18(24)23-26-11)13-6-4-5-12(9-13)16-10-21-19(25-16)22-15-8-3-2-7-14(15)20;20-15-6-1-2-7-16(15)22-19-21-10-18(25-19)13-5-3-4-12(8-13)17-9-14(23)11-24-17;1-12(22-23-2)13-6-5-7-14(10-13)17-11-20-18(24-17)21-16-9-4-3-8-15(16)19;18-13-6-1-2-7-14(13)22-17-19-9-15(24-17)11-4-3-5-12(8-11)16-20-10-21-23-16;1-11(21-22)12-5-4-6-13(9-12)16-10-19-17(23-16)20-15-8-3-2-7-14(15)18/h2-12,27H,1H3,(H,25,26);2-10H,1H3,(H,21,22)(H,23,24);1-11,23H,(H,21,22);3-11,22H,1H2,2H3,(H,20,21);1-10H,(H,19,22)(H,20,21,23);2-10,21-22H,1H2,(H,19,20). The Morgan fingerprint density at radius 2 is 0.653 bits per heavy atom. The van der Waals surface area contributed by atoms with Crippen molar-refractivity contribution in [2.45, 2.75) is 13.8 Å². The van der Waals surface area contributed by atoms with E-state index in [0.29, 0.717) is 102 Å². The van der Waals surface area contributed by atoms with Crippen LogP contribution in [0.4, 0.5) is 101 Å². The number of nitrogens with one attached hydrogen (secondary N) is 10. The van der Waals surface area contributed by atoms with Crippen LogP contribution in [0.3, 0.4) is 0 Å². The highest BCUT2D eigenvalue weighted by Crippen LogP contribution is 2.39. The normalized spacial score (nSPS) is 10.7. The topological polar surface area (TPSA) is 423 Å². The fraction of sp³-hybridized carbons (Fsp3) is 0.0268. The lowest BCUT2D eigenvalue weighted by Gasteiger charge is -2.07. The number of aromatic hydroxyl groups is 2. The van der Waals surface area contributed by atoms with Crippen molar-refractivity contribution in [2.24, 2.45) is 0 Å². The highest BCUT2D eigenvalue weighted by atomic mass is 19.2. The van der Waals surface area contributed by atoms with Crippen LogP contribution in [0.1, 0.15) is 22.5 Å². The Kier molecular flexibility index (Phi) is 32.0. The van der Waals surface area contributed by atoms with Crippen molar-refractivity contribution in [1.82, 2.24) is 61.2 Å². The lowest BCUT2D eigenvalue weighted by Crippen LogP contribution is -2.08. The minimum Gasteiger partial charge on any atom is -0.505 e. The molecule has 0 bridgehead atoms. The Labute approximate surface area is 847 Å². The number of benzene rings is 13. The van der Waals surface area contributed by atoms with Crippen molar-refractivity contribution in [1.29, 1.82) is 0 Å². The van der Waals surface area contributed by atoms with Crippen molar-refractivity contribution in [3.05, 3.63) is 446 Å². The third-order valence-corrected chi connectivity index (χ3v) is 22.0. The van der Waals surface area contributed by atoms with E-state index in [1.165, 1.54) is 86.8 Å². The second kappa shape index (κ2) is 47.6. The number of hydrogen-bond acceptors (Lipinski definition) is 29. The molecule has 0 saturated carbocycles. The van der Waals surface area contributed by atoms with E-state index in [1.807, 2.05) is 127 Å². The van der Waals surface area contributed by atoms with Gasteiger partial charge in [0, 0.05) is 56.1 Å². The molecule has 0 fully saturated rings. The second-order valence-electron chi connectivity index (χ2n) is 32.3. The van der Waals surface area contributed by atoms with E-state index < -0.39 is 17.5 Å². The van der Waals surface area contributed by atoms with Crippen molar-refractivity contribution >= 4 is 81.6 Å². The van der Waals surface area contributed by atoms with Gasteiger partial charge < -0.3 is 77.6 Å². The number of nitrogens with zero attached hydrogens (tertiary/aromatic N) is 8. The van der Waals surface area contributed by atoms with Crippen molar-refractivity contribution < 1.29 is 86.4 Å². The second-order valence-corrected chi connectivity index (χ2v) is 32.3. The van der Waals surface area contributed by atoms with Gasteiger partial charge in [0.15, 0.2) is 57.7 Å². The van der Waals surface area contributed by atoms with Crippen LogP contribution in [-0.2, 0) is 4.84 Å². The monoisotopic (exact) mass is 2020 g/mol. The number of halogens is 7. The maximum Gasteiger partial charge on any atom is 0.299 e. The molecule has 0 aliphatic carbocycles. The molecule has 22 rings (SSSR count). The van der Waals surface area contributed by atoms with Crippen LogP contribution < -0.4 is 48.4 Å². The molecule has 22 aromatic rings. The maximum atomic E-state index is 13.9. The molecule has 0 aliphatic rings. The third kappa shape index (κ3) is 25.7. The summed E-state index contributed by atoms with van der Waals surface area (Å²) in [7, 11) is 1.52. The summed E-state index contributed by atoms with van der Waals surface area (Å²) in [4.78, 5) is 45.6. The number of phenols is 1. The number of aromatic amines is 2. The molecular weight excluding hydrogens is 1940 g/mol. The van der Waals surface area contributed by atoms with Gasteiger partial charge in [-0.05, 0) is 163 Å². The van der Waals surface area contributed by atoms with Crippen LogP contribution in [-0.4, -0.2) is 72.8 Å². The van der Waals surface area contributed by atoms with E-state index in [4.69, 9.17) is 45.5 Å². The summed E-state index contributed by atoms with van der Waals surface area (Å²) in [6.45, 7) is 10.9. The van der Waals surface area contributed by atoms with Gasteiger partial charge in [0.05, 0.1) is 95.4 Å². The molecule has 9 aromatic heterocycles. The van der Waals surface area contributed by atoms with E-state index in [0.717, 1.165) is 55.6 Å². The van der Waals surface area contributed by atoms with Crippen LogP contribution in [0.5, 0.6) is 11.5 Å². The van der Waals surface area contributed by atoms with Crippen LogP contribution in [0.2, 0.25) is 0 Å². The third-order valence-electron chi connectivity index (χ3n) is 22.0. The SMILES string of the molecule is C=C(NO)c1cccc(-c2cnc(Nc3ccccc3F)o2)c1.C=C(NOC)c1cccc(-c2cnc(Nc3ccccc3F)o2)c1.Cc1cc(-c2cccc(-c3cnc(Nc4ccccc4F)o3)c2)cc(F)c1O.Cc1o[nH]c(=O)c1-c1cccc(-c2cnc(Nc3ccccc3F)o2)c1.Fc1ccccc1Nc1ncc(-c2cccc(-c3ncn[nH]3)c2)o1.Oc1coc(-c2cccc(-c3cnc(Nc4ccccc4F)o3)c2)c1. The number of hydroxylamine groups is 2. The fourth-order valence-corrected chi connectivity index (χ4v) is 14.6. The van der Waals surface area contributed by atoms with Gasteiger partial charge in [0.25, 0.3) is 41.6 Å². The maximum absolute atomic E-state index is 13.9. The average Bonchev–Trinajstić information content (AvgIpc) is 1.37. The predicted octanol–water partition coefficient (Wildman–Crippen LogP) is 28.2. The van der Waals surface area contributed by atoms with E-state index in [1.54, 1.807) is 172 Å². The van der Waals surface area contributed by atoms with Gasteiger partial charge in [-0.2, -0.15) is 10.3 Å². The number of H-pyrrole nitrogens is 2. The summed E-state index contributed by atoms with van der Waals surface area (Å²) >= 11 is 0. The average molecular weight is 2020 g/mol. The summed E-state index contributed by atoms with van der Waals surface area (Å²) in [5.41, 5.74) is 18.0. The number of furan rings is 1. The Hall–Kier alpha value is -20.5. The quantitative estimate of drug-likeness (QED) is 0.0168. The first-order valence-corrected chi connectivity index (χ1v) is 45.3. The first-order valence-electron chi connectivity index (χ1n) is 45.3. The number of hydrogen-bond donors (Lipinski definition) is 13. The Morgan fingerprint density at radius 1 is 0.340 bits per heavy atom. The molecule has 750 valence electrons. The molecule has 0 radical (unpaired) electrons. The molecule has 9 heterocycles. The number of anilines is 12. The van der Waals surface area contributed by atoms with E-state index in [2.05, 4.69) is 101 Å². The summed E-state index contributed by atoms with van der Waals surface area (Å²) in [6.07, 6.45) is 12.1. The number of oxazole rings is 6. The summed E-state index contributed by atoms with van der Waals surface area (Å²) in [5.74, 6) is 1.57. The molecular formula is C112H85F7N18O13. The minimum atomic E-state index is -0.670. The largest absolute Gasteiger partial charge is 0.505 e. The number of aryl methyl sites for hydroxylation is 2. The number of aromatic nitrogens is 10. The number of rotatable bonds is 27. The first kappa shape index (κ1) is 101. The lowest BCUT2D eigenvalue weighted by atomic mass is 10.00. The van der Waals surface area contributed by atoms with Gasteiger partial charge in [-0.15, -0.1) is 0 Å². The van der Waals surface area contributed by atoms with Gasteiger partial charge in [-0.1, -0.05) is 195 Å². The molecule has 0 atom stereocenters. The molecule has 13 N–H and O–H groups in total. The predicted molar refractivity (Wildman–Crippen MR) is 552 cm³/mol. The van der Waals surface area contributed by atoms with E-state index in [9.17, 15) is 45.7 Å². The molecule has 0 saturated heterocycles. The van der Waals surface area contributed by atoms with Crippen LogP contribution in [0.25, 0.3) is 124 Å². The molecule has 0 amide bonds. The number of phenolic OH excluding ortho intramolecular Hbond substituents is 1. The zero-order valence-electron chi connectivity index (χ0n) is 79.1. The van der Waals surface area contributed by atoms with Crippen LogP contribution >= 0.6 is 0 Å². The lowest BCUT2D eigenvalue weighted by molar-refractivity contribution is 0.137. The summed E-state index contributed by atoms with van der Waals surface area (Å²) in [5, 5.41) is 53.8. The fourth-order valence-electron chi connectivity index (χ4n) is 14.6. The van der Waals surface area contributed by atoms with Gasteiger partial charge in [0.1, 0.15) is 59.0 Å². The summed E-state index contributed by atoms with van der Waals surface area (Å²) < 4.78 is 140. The van der Waals surface area contributed by atoms with E-state index in [-0.39, 0.29) is 99.2 Å². The number of para-hydroxylation sites is 6. The molecule has 31 nitrogen and oxygen atoms in total. The molecule has 150 heavy (non-hydrogen) atoms. The van der Waals surface area contributed by atoms with Gasteiger partial charge in [-0.3, -0.25) is 30.9 Å². The van der Waals surface area contributed by atoms with Gasteiger partial charge in [-0.25, -0.2) is 65.6 Å². The van der Waals surface area contributed by atoms with Crippen LogP contribution in [0.15, 0.2) is 413 Å². The zero-order chi connectivity index (χ0) is 105. The van der Waals surface area contributed by atoms with Crippen LogP contribution in [0, 0.1) is 54.6 Å². The molecule has 0 spiro atoms. The molecule has 0 aliphatic heterocycles.